The molecule has 1 unspecified atom stereocenters. The Labute approximate surface area is 121 Å². The van der Waals surface area contributed by atoms with Crippen LogP contribution < -0.4 is 0 Å². The van der Waals surface area contributed by atoms with Gasteiger partial charge in [0.15, 0.2) is 0 Å². The molecule has 0 amide bonds. The average Bonchev–Trinajstić information content (AvgIpc) is 2.89. The van der Waals surface area contributed by atoms with E-state index in [-0.39, 0.29) is 5.92 Å². The van der Waals surface area contributed by atoms with Crippen molar-refractivity contribution in [2.45, 2.75) is 6.92 Å². The fourth-order valence-corrected chi connectivity index (χ4v) is 2.95. The Kier molecular flexibility index (Phi) is 4.72. The third kappa shape index (κ3) is 3.22. The highest BCUT2D eigenvalue weighted by atomic mass is 32.2. The van der Waals surface area contributed by atoms with E-state index in [0.29, 0.717) is 5.57 Å². The first-order valence-corrected chi connectivity index (χ1v) is 7.73. The van der Waals surface area contributed by atoms with Gasteiger partial charge >= 0.3 is 0 Å². The number of hydrogen-bond donors (Lipinski definition) is 0. The Morgan fingerprint density at radius 2 is 2.42 bits per heavy atom. The van der Waals surface area contributed by atoms with Crippen LogP contribution in [0.2, 0.25) is 0 Å². The van der Waals surface area contributed by atoms with Crippen molar-refractivity contribution < 1.29 is 0 Å². The van der Waals surface area contributed by atoms with E-state index in [2.05, 4.69) is 22.6 Å². The van der Waals surface area contributed by atoms with Gasteiger partial charge < -0.3 is 0 Å². The molecule has 0 saturated heterocycles. The predicted molar refractivity (Wildman–Crippen MR) is 83.0 cm³/mol. The molecule has 1 atom stereocenters. The molecule has 2 rings (SSSR count). The van der Waals surface area contributed by atoms with Crippen LogP contribution in [0, 0.1) is 17.2 Å². The second-order valence-corrected chi connectivity index (χ2v) is 5.89. The molecule has 0 bridgehead atoms. The van der Waals surface area contributed by atoms with Gasteiger partial charge in [0.25, 0.3) is 0 Å². The third-order valence-electron chi connectivity index (χ3n) is 2.49. The van der Waals surface area contributed by atoms with E-state index >= 15 is 0 Å². The Bertz CT molecular complexity index is 589. The van der Waals surface area contributed by atoms with Gasteiger partial charge in [-0.05, 0) is 11.8 Å². The van der Waals surface area contributed by atoms with E-state index in [4.69, 9.17) is 0 Å². The van der Waals surface area contributed by atoms with Gasteiger partial charge in [0.1, 0.15) is 16.1 Å². The molecule has 0 aromatic carbocycles. The van der Waals surface area contributed by atoms with Crippen molar-refractivity contribution in [2.75, 3.05) is 5.75 Å². The molecule has 1 aliphatic heterocycles. The molecule has 0 radical (unpaired) electrons. The van der Waals surface area contributed by atoms with Crippen molar-refractivity contribution in [2.24, 2.45) is 10.9 Å². The minimum atomic E-state index is 0.00672. The molecule has 5 heteroatoms. The second-order valence-electron chi connectivity index (χ2n) is 3.74. The Morgan fingerprint density at radius 3 is 3.00 bits per heavy atom. The zero-order chi connectivity index (χ0) is 13.7. The van der Waals surface area contributed by atoms with Crippen LogP contribution in [0.3, 0.4) is 0 Å². The Hall–Kier alpha value is -1.64. The zero-order valence-corrected chi connectivity index (χ0v) is 12.2. The zero-order valence-electron chi connectivity index (χ0n) is 10.5. The van der Waals surface area contributed by atoms with Gasteiger partial charge in [0.05, 0.1) is 11.3 Å². The summed E-state index contributed by atoms with van der Waals surface area (Å²) in [5, 5.41) is 12.8. The van der Waals surface area contributed by atoms with Crippen LogP contribution in [-0.2, 0) is 0 Å². The third-order valence-corrected chi connectivity index (χ3v) is 4.16. The monoisotopic (exact) mass is 287 g/mol. The van der Waals surface area contributed by atoms with Crippen molar-refractivity contribution in [3.63, 3.8) is 0 Å². The van der Waals surface area contributed by atoms with Gasteiger partial charge in [-0.25, -0.2) is 9.98 Å². The van der Waals surface area contributed by atoms with E-state index in [1.54, 1.807) is 35.4 Å². The lowest BCUT2D eigenvalue weighted by Gasteiger charge is -2.02. The lowest BCUT2D eigenvalue weighted by Crippen LogP contribution is -1.97. The fraction of sp³-hybridized carbons (Fsp3) is 0.214. The minimum absolute atomic E-state index is 0.00672. The molecule has 2 heterocycles. The first-order valence-electron chi connectivity index (χ1n) is 5.86. The standard InChI is InChI=1S/C14H13N3S2/c1-3-10-7-11(9-15)13(18-4-2)17-12(8-10)14-16-5-6-19-14/h3,5-8,10H,1,4H2,2H3. The van der Waals surface area contributed by atoms with Crippen LogP contribution in [0.1, 0.15) is 11.9 Å². The smallest absolute Gasteiger partial charge is 0.141 e. The molecule has 1 aliphatic rings. The van der Waals surface area contributed by atoms with Gasteiger partial charge in [0.2, 0.25) is 0 Å². The summed E-state index contributed by atoms with van der Waals surface area (Å²) in [6.45, 7) is 5.85. The lowest BCUT2D eigenvalue weighted by atomic mass is 10.1. The quantitative estimate of drug-likeness (QED) is 0.792. The molecule has 1 aromatic rings. The summed E-state index contributed by atoms with van der Waals surface area (Å²) in [6.07, 6.45) is 7.46. The Morgan fingerprint density at radius 1 is 1.58 bits per heavy atom. The summed E-state index contributed by atoms with van der Waals surface area (Å²) in [5.41, 5.74) is 1.43. The summed E-state index contributed by atoms with van der Waals surface area (Å²) in [5.74, 6) is 0.883. The van der Waals surface area contributed by atoms with Crippen LogP contribution in [0.15, 0.2) is 46.9 Å². The summed E-state index contributed by atoms with van der Waals surface area (Å²) >= 11 is 3.12. The molecule has 0 fully saturated rings. The van der Waals surface area contributed by atoms with E-state index in [1.165, 1.54) is 0 Å². The van der Waals surface area contributed by atoms with Crippen molar-refractivity contribution in [1.29, 1.82) is 5.26 Å². The van der Waals surface area contributed by atoms with Gasteiger partial charge in [-0.15, -0.1) is 29.7 Å². The molecular formula is C14H13N3S2. The van der Waals surface area contributed by atoms with Crippen molar-refractivity contribution >= 4 is 33.8 Å². The number of aromatic nitrogens is 1. The van der Waals surface area contributed by atoms with Crippen LogP contribution in [-0.4, -0.2) is 15.8 Å². The number of nitriles is 1. The van der Waals surface area contributed by atoms with E-state index < -0.39 is 0 Å². The fourth-order valence-electron chi connectivity index (χ4n) is 1.64. The molecule has 0 spiro atoms. The van der Waals surface area contributed by atoms with Gasteiger partial charge in [-0.3, -0.25) is 0 Å². The SMILES string of the molecule is C=CC1C=C(C#N)C(SCC)=NC(c2nccs2)=C1. The van der Waals surface area contributed by atoms with Crippen LogP contribution in [0.5, 0.6) is 0 Å². The molecule has 3 nitrogen and oxygen atoms in total. The average molecular weight is 287 g/mol. The number of rotatable bonds is 3. The number of aliphatic imine (C=N–C) groups is 1. The highest BCUT2D eigenvalue weighted by molar-refractivity contribution is 8.14. The molecule has 1 aromatic heterocycles. The normalized spacial score (nSPS) is 18.7. The maximum atomic E-state index is 9.26. The van der Waals surface area contributed by atoms with Gasteiger partial charge in [0, 0.05) is 17.5 Å². The summed E-state index contributed by atoms with van der Waals surface area (Å²) in [7, 11) is 0. The first-order chi connectivity index (χ1) is 9.28. The van der Waals surface area contributed by atoms with Gasteiger partial charge in [-0.1, -0.05) is 19.1 Å². The van der Waals surface area contributed by atoms with Crippen LogP contribution in [0.25, 0.3) is 5.70 Å². The number of allylic oxidation sites excluding steroid dienone is 3. The molecule has 0 N–H and O–H groups in total. The number of nitrogens with zero attached hydrogens (tertiary/aromatic N) is 3. The maximum absolute atomic E-state index is 9.26. The summed E-state index contributed by atoms with van der Waals surface area (Å²) in [4.78, 5) is 8.90. The highest BCUT2D eigenvalue weighted by Gasteiger charge is 2.16. The van der Waals surface area contributed by atoms with Crippen LogP contribution >= 0.6 is 23.1 Å². The van der Waals surface area contributed by atoms with Crippen molar-refractivity contribution in [3.05, 3.63) is 47.0 Å². The highest BCUT2D eigenvalue weighted by Crippen LogP contribution is 2.28. The first kappa shape index (κ1) is 13.8. The number of hydrogen-bond acceptors (Lipinski definition) is 5. The van der Waals surface area contributed by atoms with E-state index in [0.717, 1.165) is 21.5 Å². The summed E-state index contributed by atoms with van der Waals surface area (Å²) in [6, 6.07) is 2.22. The molecule has 0 saturated carbocycles. The predicted octanol–water partition coefficient (Wildman–Crippen LogP) is 3.90. The minimum Gasteiger partial charge on any atom is -0.243 e. The topological polar surface area (TPSA) is 49.0 Å². The van der Waals surface area contributed by atoms with Crippen LogP contribution in [0.4, 0.5) is 0 Å². The van der Waals surface area contributed by atoms with Crippen molar-refractivity contribution in [3.8, 4) is 6.07 Å². The molecule has 96 valence electrons. The molecular weight excluding hydrogens is 274 g/mol. The lowest BCUT2D eigenvalue weighted by molar-refractivity contribution is 1.07. The molecule has 19 heavy (non-hydrogen) atoms. The van der Waals surface area contributed by atoms with Crippen molar-refractivity contribution in [1.82, 2.24) is 4.98 Å². The molecule has 0 aliphatic carbocycles. The Balaban J connectivity index is 2.49. The largest absolute Gasteiger partial charge is 0.243 e. The number of thiazole rings is 1. The van der Waals surface area contributed by atoms with E-state index in [1.807, 2.05) is 24.5 Å². The van der Waals surface area contributed by atoms with E-state index in [9.17, 15) is 5.26 Å². The maximum Gasteiger partial charge on any atom is 0.141 e. The second kappa shape index (κ2) is 6.50. The van der Waals surface area contributed by atoms with Gasteiger partial charge in [-0.2, -0.15) is 5.26 Å². The number of thioether (sulfide) groups is 1. The summed E-state index contributed by atoms with van der Waals surface area (Å²) < 4.78 is 0.